The SMILES string of the molecule is Cc1ccc2c(-c3cccc4c3ccc3ccccc34)c3ccccc3c(-c3cccc(-c4ccccc4)c3)c2c1. The van der Waals surface area contributed by atoms with Crippen LogP contribution in [0.25, 0.3) is 76.5 Å². The van der Waals surface area contributed by atoms with E-state index in [4.69, 9.17) is 0 Å². The summed E-state index contributed by atoms with van der Waals surface area (Å²) in [5.74, 6) is 0. The highest BCUT2D eigenvalue weighted by Gasteiger charge is 2.19. The van der Waals surface area contributed by atoms with Crippen LogP contribution in [-0.2, 0) is 0 Å². The average Bonchev–Trinajstić information content (AvgIpc) is 3.04. The van der Waals surface area contributed by atoms with Crippen LogP contribution in [0.2, 0.25) is 0 Å². The standard InChI is InChI=1S/C41H28/c1-27-21-23-38-39(25-27)40(31-15-9-14-30(26-31)28-11-3-2-4-12-28)36-17-7-8-18-37(36)41(38)35-20-10-19-33-32-16-6-5-13-29(32)22-24-34(33)35/h2-26H,1H3. The summed E-state index contributed by atoms with van der Waals surface area (Å²) in [5, 5.41) is 10.3. The van der Waals surface area contributed by atoms with Crippen molar-refractivity contribution in [1.82, 2.24) is 0 Å². The molecule has 0 heterocycles. The fourth-order valence-corrected chi connectivity index (χ4v) is 6.64. The summed E-state index contributed by atoms with van der Waals surface area (Å²) in [4.78, 5) is 0. The molecule has 0 fully saturated rings. The number of hydrogen-bond acceptors (Lipinski definition) is 0. The first-order chi connectivity index (χ1) is 20.3. The van der Waals surface area contributed by atoms with Crippen molar-refractivity contribution < 1.29 is 0 Å². The van der Waals surface area contributed by atoms with Gasteiger partial charge in [-0.25, -0.2) is 0 Å². The zero-order chi connectivity index (χ0) is 27.3. The molecule has 0 spiro atoms. The second-order valence-corrected chi connectivity index (χ2v) is 11.0. The van der Waals surface area contributed by atoms with E-state index in [0.717, 1.165) is 0 Å². The minimum absolute atomic E-state index is 1.23. The second-order valence-electron chi connectivity index (χ2n) is 11.0. The van der Waals surface area contributed by atoms with Crippen LogP contribution in [0.15, 0.2) is 152 Å². The van der Waals surface area contributed by atoms with Crippen LogP contribution < -0.4 is 0 Å². The first kappa shape index (κ1) is 23.7. The summed E-state index contributed by atoms with van der Waals surface area (Å²) in [7, 11) is 0. The van der Waals surface area contributed by atoms with Crippen LogP contribution in [-0.4, -0.2) is 0 Å². The predicted octanol–water partition coefficient (Wildman–Crippen LogP) is 11.6. The molecule has 192 valence electrons. The van der Waals surface area contributed by atoms with Crippen LogP contribution in [0, 0.1) is 6.92 Å². The third kappa shape index (κ3) is 3.84. The van der Waals surface area contributed by atoms with Crippen molar-refractivity contribution in [2.75, 3.05) is 0 Å². The van der Waals surface area contributed by atoms with Gasteiger partial charge in [-0.15, -0.1) is 0 Å². The molecule has 0 N–H and O–H groups in total. The van der Waals surface area contributed by atoms with Gasteiger partial charge in [0.25, 0.3) is 0 Å². The van der Waals surface area contributed by atoms with Crippen LogP contribution in [0.5, 0.6) is 0 Å². The molecule has 0 aliphatic rings. The summed E-state index contributed by atoms with van der Waals surface area (Å²) in [6.07, 6.45) is 0. The van der Waals surface area contributed by atoms with E-state index in [-0.39, 0.29) is 0 Å². The normalized spacial score (nSPS) is 11.5. The largest absolute Gasteiger partial charge is 0.0622 e. The Morgan fingerprint density at radius 1 is 0.317 bits per heavy atom. The van der Waals surface area contributed by atoms with Gasteiger partial charge in [0.15, 0.2) is 0 Å². The van der Waals surface area contributed by atoms with Gasteiger partial charge in [-0.2, -0.15) is 0 Å². The molecule has 0 aliphatic carbocycles. The van der Waals surface area contributed by atoms with Gasteiger partial charge in [-0.05, 0) is 89.5 Å². The molecule has 0 bridgehead atoms. The van der Waals surface area contributed by atoms with Crippen molar-refractivity contribution in [3.05, 3.63) is 157 Å². The number of hydrogen-bond donors (Lipinski definition) is 0. The summed E-state index contributed by atoms with van der Waals surface area (Å²) in [6, 6.07) is 55.6. The highest BCUT2D eigenvalue weighted by molar-refractivity contribution is 6.25. The maximum atomic E-state index is 2.37. The number of aryl methyl sites for hydroxylation is 1. The van der Waals surface area contributed by atoms with E-state index in [1.165, 1.54) is 82.0 Å². The Morgan fingerprint density at radius 3 is 1.78 bits per heavy atom. The van der Waals surface area contributed by atoms with Gasteiger partial charge in [-0.1, -0.05) is 151 Å². The van der Waals surface area contributed by atoms with Gasteiger partial charge in [-0.3, -0.25) is 0 Å². The van der Waals surface area contributed by atoms with E-state index < -0.39 is 0 Å². The highest BCUT2D eigenvalue weighted by atomic mass is 14.2. The molecule has 0 aliphatic heterocycles. The van der Waals surface area contributed by atoms with Gasteiger partial charge in [0.05, 0.1) is 0 Å². The van der Waals surface area contributed by atoms with Crippen molar-refractivity contribution in [3.63, 3.8) is 0 Å². The summed E-state index contributed by atoms with van der Waals surface area (Å²) >= 11 is 0. The maximum absolute atomic E-state index is 2.37. The zero-order valence-corrected chi connectivity index (χ0v) is 22.9. The Balaban J connectivity index is 1.49. The first-order valence-corrected chi connectivity index (χ1v) is 14.3. The lowest BCUT2D eigenvalue weighted by Gasteiger charge is -2.20. The first-order valence-electron chi connectivity index (χ1n) is 14.3. The van der Waals surface area contributed by atoms with Crippen LogP contribution in [0.3, 0.4) is 0 Å². The van der Waals surface area contributed by atoms with E-state index in [2.05, 4.69) is 159 Å². The van der Waals surface area contributed by atoms with Gasteiger partial charge in [0, 0.05) is 0 Å². The molecule has 8 aromatic carbocycles. The lowest BCUT2D eigenvalue weighted by atomic mass is 9.83. The molecular formula is C41H28. The molecule has 0 saturated heterocycles. The van der Waals surface area contributed by atoms with Crippen molar-refractivity contribution in [2.45, 2.75) is 6.92 Å². The quantitative estimate of drug-likeness (QED) is 0.160. The Labute approximate surface area is 240 Å². The molecule has 8 rings (SSSR count). The van der Waals surface area contributed by atoms with E-state index in [9.17, 15) is 0 Å². The summed E-state index contributed by atoms with van der Waals surface area (Å²) < 4.78 is 0. The van der Waals surface area contributed by atoms with Gasteiger partial charge in [0.2, 0.25) is 0 Å². The summed E-state index contributed by atoms with van der Waals surface area (Å²) in [5.41, 5.74) is 8.86. The highest BCUT2D eigenvalue weighted by Crippen LogP contribution is 2.46. The lowest BCUT2D eigenvalue weighted by molar-refractivity contribution is 1.51. The smallest absolute Gasteiger partial charge is 0.00201 e. The van der Waals surface area contributed by atoms with Crippen LogP contribution in [0.4, 0.5) is 0 Å². The van der Waals surface area contributed by atoms with E-state index in [1.54, 1.807) is 0 Å². The Kier molecular flexibility index (Phi) is 5.47. The number of rotatable bonds is 3. The van der Waals surface area contributed by atoms with E-state index >= 15 is 0 Å². The van der Waals surface area contributed by atoms with Gasteiger partial charge in [0.1, 0.15) is 0 Å². The van der Waals surface area contributed by atoms with Crippen LogP contribution >= 0.6 is 0 Å². The number of fused-ring (bicyclic) bond motifs is 5. The number of benzene rings is 8. The maximum Gasteiger partial charge on any atom is -0.00201 e. The topological polar surface area (TPSA) is 0 Å². The zero-order valence-electron chi connectivity index (χ0n) is 22.9. The third-order valence-corrected chi connectivity index (χ3v) is 8.49. The lowest BCUT2D eigenvalue weighted by Crippen LogP contribution is -1.93. The van der Waals surface area contributed by atoms with Crippen LogP contribution in [0.1, 0.15) is 5.56 Å². The van der Waals surface area contributed by atoms with Crippen molar-refractivity contribution in [2.24, 2.45) is 0 Å². The molecule has 0 nitrogen and oxygen atoms in total. The molecule has 0 aromatic heterocycles. The molecule has 0 unspecified atom stereocenters. The fourth-order valence-electron chi connectivity index (χ4n) is 6.64. The average molecular weight is 521 g/mol. The van der Waals surface area contributed by atoms with E-state index in [1.807, 2.05) is 0 Å². The Hall–Kier alpha value is -5.20. The molecule has 0 atom stereocenters. The molecule has 0 radical (unpaired) electrons. The van der Waals surface area contributed by atoms with Crippen molar-refractivity contribution in [3.8, 4) is 33.4 Å². The molecule has 0 amide bonds. The minimum Gasteiger partial charge on any atom is -0.0622 e. The monoisotopic (exact) mass is 520 g/mol. The Morgan fingerprint density at radius 2 is 0.927 bits per heavy atom. The minimum atomic E-state index is 1.23. The van der Waals surface area contributed by atoms with Crippen molar-refractivity contribution in [1.29, 1.82) is 0 Å². The molecular weight excluding hydrogens is 492 g/mol. The summed E-state index contributed by atoms with van der Waals surface area (Å²) in [6.45, 7) is 2.20. The van der Waals surface area contributed by atoms with Crippen molar-refractivity contribution >= 4 is 43.1 Å². The predicted molar refractivity (Wildman–Crippen MR) is 178 cm³/mol. The molecule has 0 saturated carbocycles. The third-order valence-electron chi connectivity index (χ3n) is 8.49. The second kappa shape index (κ2) is 9.47. The Bertz CT molecular complexity index is 2250. The molecule has 0 heteroatoms. The van der Waals surface area contributed by atoms with Gasteiger partial charge < -0.3 is 0 Å². The fraction of sp³-hybridized carbons (Fsp3) is 0.0244. The molecule has 8 aromatic rings. The van der Waals surface area contributed by atoms with Gasteiger partial charge >= 0.3 is 0 Å². The molecule has 41 heavy (non-hydrogen) atoms. The van der Waals surface area contributed by atoms with E-state index in [0.29, 0.717) is 0 Å².